The molecule has 0 bridgehead atoms. The Morgan fingerprint density at radius 2 is 2.28 bits per heavy atom. The highest BCUT2D eigenvalue weighted by Crippen LogP contribution is 2.33. The summed E-state index contributed by atoms with van der Waals surface area (Å²) in [5, 5.41) is 0. The first-order chi connectivity index (χ1) is 8.74. The molecule has 0 aliphatic rings. The molecular weight excluding hydrogens is 318 g/mol. The van der Waals surface area contributed by atoms with Gasteiger partial charge in [0.05, 0.1) is 18.9 Å². The molecule has 0 atom stereocenters. The van der Waals surface area contributed by atoms with Crippen LogP contribution < -0.4 is 4.74 Å². The zero-order valence-electron chi connectivity index (χ0n) is 9.95. The first kappa shape index (κ1) is 13.4. The van der Waals surface area contributed by atoms with Gasteiger partial charge in [-0.25, -0.2) is 4.98 Å². The van der Waals surface area contributed by atoms with Gasteiger partial charge in [0.25, 0.3) is 0 Å². The van der Waals surface area contributed by atoms with E-state index in [0.717, 1.165) is 28.6 Å². The van der Waals surface area contributed by atoms with E-state index in [1.807, 2.05) is 18.2 Å². The molecule has 0 spiro atoms. The first-order valence-corrected chi connectivity index (χ1v) is 6.92. The van der Waals surface area contributed by atoms with Crippen molar-refractivity contribution in [3.05, 3.63) is 34.8 Å². The van der Waals surface area contributed by atoms with Crippen LogP contribution in [0.15, 0.2) is 33.3 Å². The SMILES string of the molecule is COc1ccc(Br)cc1-c1cnc(CCCCl)o1. The minimum Gasteiger partial charge on any atom is -0.496 e. The fraction of sp³-hybridized carbons (Fsp3) is 0.308. The van der Waals surface area contributed by atoms with E-state index in [2.05, 4.69) is 20.9 Å². The summed E-state index contributed by atoms with van der Waals surface area (Å²) < 4.78 is 12.0. The standard InChI is InChI=1S/C13H13BrClNO2/c1-17-11-5-4-9(14)7-10(11)12-8-16-13(18-12)3-2-6-15/h4-5,7-8H,2-3,6H2,1H3. The monoisotopic (exact) mass is 329 g/mol. The molecule has 2 aromatic rings. The second-order valence-electron chi connectivity index (χ2n) is 3.76. The van der Waals surface area contributed by atoms with Crippen LogP contribution in [0.3, 0.4) is 0 Å². The fourth-order valence-corrected chi connectivity index (χ4v) is 2.14. The Bertz CT molecular complexity index is 527. The van der Waals surface area contributed by atoms with Gasteiger partial charge in [0.15, 0.2) is 11.7 Å². The number of alkyl halides is 1. The van der Waals surface area contributed by atoms with Gasteiger partial charge in [0.2, 0.25) is 0 Å². The minimum atomic E-state index is 0.609. The van der Waals surface area contributed by atoms with Crippen molar-refractivity contribution in [3.8, 4) is 17.1 Å². The Balaban J connectivity index is 2.30. The lowest BCUT2D eigenvalue weighted by atomic mass is 10.1. The summed E-state index contributed by atoms with van der Waals surface area (Å²) in [5.41, 5.74) is 0.886. The molecule has 0 aliphatic heterocycles. The average molecular weight is 331 g/mol. The number of hydrogen-bond donors (Lipinski definition) is 0. The van der Waals surface area contributed by atoms with Gasteiger partial charge in [0, 0.05) is 16.8 Å². The molecule has 1 aromatic heterocycles. The van der Waals surface area contributed by atoms with Crippen molar-refractivity contribution in [1.29, 1.82) is 0 Å². The Labute approximate surface area is 119 Å². The molecule has 1 aromatic carbocycles. The third kappa shape index (κ3) is 3.06. The first-order valence-electron chi connectivity index (χ1n) is 5.59. The lowest BCUT2D eigenvalue weighted by Crippen LogP contribution is -1.87. The molecule has 0 saturated carbocycles. The van der Waals surface area contributed by atoms with E-state index in [-0.39, 0.29) is 0 Å². The van der Waals surface area contributed by atoms with Crippen LogP contribution in [0.1, 0.15) is 12.3 Å². The molecule has 2 rings (SSSR count). The van der Waals surface area contributed by atoms with E-state index in [1.54, 1.807) is 13.3 Å². The molecule has 0 unspecified atom stereocenters. The smallest absolute Gasteiger partial charge is 0.194 e. The Morgan fingerprint density at radius 1 is 1.44 bits per heavy atom. The number of oxazole rings is 1. The quantitative estimate of drug-likeness (QED) is 0.767. The summed E-state index contributed by atoms with van der Waals surface area (Å²) in [6.45, 7) is 0. The maximum absolute atomic E-state index is 5.70. The number of methoxy groups -OCH3 is 1. The summed E-state index contributed by atoms with van der Waals surface area (Å²) >= 11 is 9.08. The molecule has 0 radical (unpaired) electrons. The Kier molecular flexibility index (Phi) is 4.66. The lowest BCUT2D eigenvalue weighted by molar-refractivity contribution is 0.413. The summed E-state index contributed by atoms with van der Waals surface area (Å²) in [5.74, 6) is 2.78. The van der Waals surface area contributed by atoms with Gasteiger partial charge in [-0.3, -0.25) is 0 Å². The van der Waals surface area contributed by atoms with Crippen molar-refractivity contribution >= 4 is 27.5 Å². The van der Waals surface area contributed by atoms with E-state index in [4.69, 9.17) is 20.8 Å². The summed E-state index contributed by atoms with van der Waals surface area (Å²) in [4.78, 5) is 4.24. The normalized spacial score (nSPS) is 10.6. The molecule has 0 saturated heterocycles. The fourth-order valence-electron chi connectivity index (χ4n) is 1.64. The minimum absolute atomic E-state index is 0.609. The van der Waals surface area contributed by atoms with E-state index < -0.39 is 0 Å². The molecule has 0 aliphatic carbocycles. The zero-order valence-corrected chi connectivity index (χ0v) is 12.3. The Hall–Kier alpha value is -1.00. The predicted molar refractivity (Wildman–Crippen MR) is 75.2 cm³/mol. The van der Waals surface area contributed by atoms with Gasteiger partial charge in [0.1, 0.15) is 5.75 Å². The molecule has 3 nitrogen and oxygen atoms in total. The van der Waals surface area contributed by atoms with E-state index in [0.29, 0.717) is 17.5 Å². The van der Waals surface area contributed by atoms with Crippen molar-refractivity contribution in [3.63, 3.8) is 0 Å². The maximum Gasteiger partial charge on any atom is 0.194 e. The summed E-state index contributed by atoms with van der Waals surface area (Å²) in [6.07, 6.45) is 3.32. The highest BCUT2D eigenvalue weighted by Gasteiger charge is 2.11. The number of benzene rings is 1. The number of hydrogen-bond acceptors (Lipinski definition) is 3. The number of halogens is 2. The van der Waals surface area contributed by atoms with Gasteiger partial charge < -0.3 is 9.15 Å². The van der Waals surface area contributed by atoms with Crippen molar-refractivity contribution < 1.29 is 9.15 Å². The van der Waals surface area contributed by atoms with Gasteiger partial charge >= 0.3 is 0 Å². The van der Waals surface area contributed by atoms with Crippen LogP contribution in [0.2, 0.25) is 0 Å². The second kappa shape index (κ2) is 6.25. The van der Waals surface area contributed by atoms with Crippen molar-refractivity contribution in [2.75, 3.05) is 13.0 Å². The molecule has 0 amide bonds. The van der Waals surface area contributed by atoms with Crippen LogP contribution in [-0.2, 0) is 6.42 Å². The van der Waals surface area contributed by atoms with Crippen molar-refractivity contribution in [2.24, 2.45) is 0 Å². The molecule has 0 N–H and O–H groups in total. The topological polar surface area (TPSA) is 35.3 Å². The third-order valence-electron chi connectivity index (χ3n) is 2.50. The molecular formula is C13H13BrClNO2. The molecule has 96 valence electrons. The molecule has 18 heavy (non-hydrogen) atoms. The molecule has 0 fully saturated rings. The van der Waals surface area contributed by atoms with Crippen LogP contribution in [0, 0.1) is 0 Å². The van der Waals surface area contributed by atoms with Crippen LogP contribution in [-0.4, -0.2) is 18.0 Å². The van der Waals surface area contributed by atoms with Crippen LogP contribution in [0.5, 0.6) is 5.75 Å². The average Bonchev–Trinajstić information content (AvgIpc) is 2.85. The number of nitrogens with zero attached hydrogens (tertiary/aromatic N) is 1. The largest absolute Gasteiger partial charge is 0.496 e. The predicted octanol–water partition coefficient (Wildman–Crippen LogP) is 4.28. The van der Waals surface area contributed by atoms with Crippen LogP contribution in [0.25, 0.3) is 11.3 Å². The van der Waals surface area contributed by atoms with Crippen molar-refractivity contribution in [2.45, 2.75) is 12.8 Å². The third-order valence-corrected chi connectivity index (χ3v) is 3.27. The lowest BCUT2D eigenvalue weighted by Gasteiger charge is -2.05. The van der Waals surface area contributed by atoms with Crippen molar-refractivity contribution in [1.82, 2.24) is 4.98 Å². The number of rotatable bonds is 5. The second-order valence-corrected chi connectivity index (χ2v) is 5.05. The summed E-state index contributed by atoms with van der Waals surface area (Å²) in [7, 11) is 1.64. The highest BCUT2D eigenvalue weighted by atomic mass is 79.9. The van der Waals surface area contributed by atoms with Gasteiger partial charge in [-0.15, -0.1) is 11.6 Å². The molecule has 1 heterocycles. The molecule has 5 heteroatoms. The van der Waals surface area contributed by atoms with Gasteiger partial charge in [-0.05, 0) is 24.6 Å². The maximum atomic E-state index is 5.70. The van der Waals surface area contributed by atoms with Crippen LogP contribution >= 0.6 is 27.5 Å². The van der Waals surface area contributed by atoms with Crippen LogP contribution in [0.4, 0.5) is 0 Å². The van der Waals surface area contributed by atoms with Gasteiger partial charge in [-0.1, -0.05) is 15.9 Å². The van der Waals surface area contributed by atoms with E-state index in [9.17, 15) is 0 Å². The number of aromatic nitrogens is 1. The zero-order chi connectivity index (χ0) is 13.0. The van der Waals surface area contributed by atoms with E-state index >= 15 is 0 Å². The highest BCUT2D eigenvalue weighted by molar-refractivity contribution is 9.10. The Morgan fingerprint density at radius 3 is 3.00 bits per heavy atom. The summed E-state index contributed by atoms with van der Waals surface area (Å²) in [6, 6.07) is 5.76. The number of aryl methyl sites for hydroxylation is 1. The van der Waals surface area contributed by atoms with Gasteiger partial charge in [-0.2, -0.15) is 0 Å². The number of ether oxygens (including phenoxy) is 1. The van der Waals surface area contributed by atoms with E-state index in [1.165, 1.54) is 0 Å².